The van der Waals surface area contributed by atoms with Crippen LogP contribution in [0.25, 0.3) is 11.0 Å². The molecule has 190 valence electrons. The van der Waals surface area contributed by atoms with Crippen LogP contribution in [-0.2, 0) is 22.5 Å². The standard InChI is InChI=1S/C26H29FN4O5/c1-16(15-36-2)29-25(34)22-24(33)23-20(31(26(22)35)14-21(32)30-9-3-4-10-30)12-18(13-28-23)11-17-5-7-19(27)8-6-17/h5-8,12-13,16,33H,3-4,9-11,14-15H2,1-2H3,(H,29,34). The normalized spacial score (nSPS) is 14.2. The average Bonchev–Trinajstić information content (AvgIpc) is 3.38. The maximum absolute atomic E-state index is 13.5. The minimum atomic E-state index is -0.782. The SMILES string of the molecule is COCC(C)NC(=O)c1c(O)c2ncc(Cc3ccc(F)cc3)cc2n(CC(=O)N2CCCC2)c1=O. The summed E-state index contributed by atoms with van der Waals surface area (Å²) >= 11 is 0. The number of aromatic hydroxyl groups is 1. The third-order valence-corrected chi connectivity index (χ3v) is 6.23. The number of hydrogen-bond donors (Lipinski definition) is 2. The van der Waals surface area contributed by atoms with Crippen molar-refractivity contribution in [2.24, 2.45) is 0 Å². The Morgan fingerprint density at radius 3 is 2.56 bits per heavy atom. The molecular formula is C26H29FN4O5. The van der Waals surface area contributed by atoms with Gasteiger partial charge in [-0.1, -0.05) is 12.1 Å². The van der Waals surface area contributed by atoms with Crippen LogP contribution in [0, 0.1) is 5.82 Å². The molecule has 1 fully saturated rings. The van der Waals surface area contributed by atoms with E-state index in [2.05, 4.69) is 10.3 Å². The van der Waals surface area contributed by atoms with Gasteiger partial charge in [0.05, 0.1) is 12.1 Å². The van der Waals surface area contributed by atoms with E-state index < -0.39 is 28.8 Å². The van der Waals surface area contributed by atoms with Crippen LogP contribution in [0.4, 0.5) is 4.39 Å². The lowest BCUT2D eigenvalue weighted by atomic mass is 10.1. The summed E-state index contributed by atoms with van der Waals surface area (Å²) in [7, 11) is 1.49. The number of pyridine rings is 2. The van der Waals surface area contributed by atoms with Crippen LogP contribution in [0.15, 0.2) is 41.3 Å². The summed E-state index contributed by atoms with van der Waals surface area (Å²) in [5, 5.41) is 13.6. The second kappa shape index (κ2) is 10.9. The van der Waals surface area contributed by atoms with E-state index in [9.17, 15) is 23.9 Å². The number of amides is 2. The van der Waals surface area contributed by atoms with Gasteiger partial charge in [-0.05, 0) is 55.5 Å². The minimum Gasteiger partial charge on any atom is -0.505 e. The number of benzene rings is 1. The highest BCUT2D eigenvalue weighted by atomic mass is 19.1. The Morgan fingerprint density at radius 1 is 1.19 bits per heavy atom. The van der Waals surface area contributed by atoms with Crippen LogP contribution in [0.3, 0.4) is 0 Å². The van der Waals surface area contributed by atoms with Crippen molar-refractivity contribution in [2.45, 2.75) is 38.8 Å². The van der Waals surface area contributed by atoms with Crippen molar-refractivity contribution < 1.29 is 23.8 Å². The second-order valence-electron chi connectivity index (χ2n) is 9.05. The van der Waals surface area contributed by atoms with Gasteiger partial charge in [0.25, 0.3) is 11.5 Å². The third kappa shape index (κ3) is 5.38. The fourth-order valence-corrected chi connectivity index (χ4v) is 4.43. The molecule has 1 unspecified atom stereocenters. The molecule has 4 rings (SSSR count). The summed E-state index contributed by atoms with van der Waals surface area (Å²) in [6.07, 6.45) is 3.71. The number of nitrogens with zero attached hydrogens (tertiary/aromatic N) is 3. The zero-order valence-corrected chi connectivity index (χ0v) is 20.3. The van der Waals surface area contributed by atoms with Gasteiger partial charge in [0.15, 0.2) is 5.75 Å². The Kier molecular flexibility index (Phi) is 7.64. The Balaban J connectivity index is 1.79. The average molecular weight is 497 g/mol. The van der Waals surface area contributed by atoms with Crippen molar-refractivity contribution in [1.82, 2.24) is 19.8 Å². The Hall–Kier alpha value is -3.79. The van der Waals surface area contributed by atoms with Gasteiger partial charge in [-0.2, -0.15) is 0 Å². The second-order valence-corrected chi connectivity index (χ2v) is 9.05. The number of fused-ring (bicyclic) bond motifs is 1. The largest absolute Gasteiger partial charge is 0.505 e. The van der Waals surface area contributed by atoms with E-state index in [0.29, 0.717) is 25.1 Å². The number of rotatable bonds is 8. The highest BCUT2D eigenvalue weighted by Crippen LogP contribution is 2.26. The lowest BCUT2D eigenvalue weighted by Crippen LogP contribution is -2.41. The van der Waals surface area contributed by atoms with Crippen molar-refractivity contribution >= 4 is 22.8 Å². The Labute approximate surface area is 207 Å². The first kappa shape index (κ1) is 25.3. The van der Waals surface area contributed by atoms with Crippen LogP contribution in [0.1, 0.15) is 41.3 Å². The van der Waals surface area contributed by atoms with Gasteiger partial charge in [-0.25, -0.2) is 4.39 Å². The molecule has 1 aromatic carbocycles. The molecule has 0 aliphatic carbocycles. The van der Waals surface area contributed by atoms with Gasteiger partial charge in [0, 0.05) is 32.4 Å². The van der Waals surface area contributed by atoms with Gasteiger partial charge >= 0.3 is 0 Å². The highest BCUT2D eigenvalue weighted by molar-refractivity contribution is 6.01. The van der Waals surface area contributed by atoms with Gasteiger partial charge in [-0.15, -0.1) is 0 Å². The quantitative estimate of drug-likeness (QED) is 0.494. The van der Waals surface area contributed by atoms with Crippen molar-refractivity contribution in [2.75, 3.05) is 26.8 Å². The smallest absolute Gasteiger partial charge is 0.268 e. The zero-order chi connectivity index (χ0) is 25.8. The van der Waals surface area contributed by atoms with Crippen LogP contribution < -0.4 is 10.9 Å². The third-order valence-electron chi connectivity index (χ3n) is 6.23. The molecule has 0 bridgehead atoms. The molecule has 0 spiro atoms. The topological polar surface area (TPSA) is 114 Å². The van der Waals surface area contributed by atoms with Gasteiger partial charge in [0.2, 0.25) is 5.91 Å². The number of methoxy groups -OCH3 is 1. The van der Waals surface area contributed by atoms with Crippen LogP contribution >= 0.6 is 0 Å². The van der Waals surface area contributed by atoms with Gasteiger partial charge < -0.3 is 20.1 Å². The molecule has 10 heteroatoms. The summed E-state index contributed by atoms with van der Waals surface area (Å²) < 4.78 is 19.5. The van der Waals surface area contributed by atoms with E-state index >= 15 is 0 Å². The van der Waals surface area contributed by atoms with Crippen LogP contribution in [-0.4, -0.2) is 64.2 Å². The molecule has 1 aliphatic heterocycles. The van der Waals surface area contributed by atoms with Gasteiger partial charge in [-0.3, -0.25) is 23.9 Å². The molecule has 36 heavy (non-hydrogen) atoms. The fourth-order valence-electron chi connectivity index (χ4n) is 4.43. The summed E-state index contributed by atoms with van der Waals surface area (Å²) in [6.45, 7) is 2.85. The molecule has 3 aromatic rings. The zero-order valence-electron chi connectivity index (χ0n) is 20.3. The van der Waals surface area contributed by atoms with E-state index in [4.69, 9.17) is 4.74 Å². The number of nitrogens with one attached hydrogen (secondary N) is 1. The number of ether oxygens (including phenoxy) is 1. The minimum absolute atomic E-state index is 0.0382. The number of hydrogen-bond acceptors (Lipinski definition) is 6. The molecule has 1 aliphatic rings. The molecule has 2 amide bonds. The first-order valence-corrected chi connectivity index (χ1v) is 11.8. The molecule has 2 aromatic heterocycles. The molecule has 2 N–H and O–H groups in total. The van der Waals surface area contributed by atoms with E-state index in [0.717, 1.165) is 18.4 Å². The summed E-state index contributed by atoms with van der Waals surface area (Å²) in [5.41, 5.74) is 0.546. The van der Waals surface area contributed by atoms with Crippen molar-refractivity contribution in [1.29, 1.82) is 0 Å². The monoisotopic (exact) mass is 496 g/mol. The molecule has 1 saturated heterocycles. The highest BCUT2D eigenvalue weighted by Gasteiger charge is 2.27. The lowest BCUT2D eigenvalue weighted by molar-refractivity contribution is -0.130. The van der Waals surface area contributed by atoms with E-state index in [1.165, 1.54) is 30.0 Å². The first-order chi connectivity index (χ1) is 17.3. The summed E-state index contributed by atoms with van der Waals surface area (Å²) in [4.78, 5) is 45.5. The maximum Gasteiger partial charge on any atom is 0.268 e. The molecule has 0 saturated carbocycles. The van der Waals surface area contributed by atoms with Crippen molar-refractivity contribution in [3.05, 3.63) is 69.4 Å². The number of carbonyl (C=O) groups excluding carboxylic acids is 2. The van der Waals surface area contributed by atoms with Gasteiger partial charge in [0.1, 0.15) is 23.4 Å². The lowest BCUT2D eigenvalue weighted by Gasteiger charge is -2.19. The number of carbonyl (C=O) groups is 2. The molecule has 1 atom stereocenters. The van der Waals surface area contributed by atoms with Crippen LogP contribution in [0.2, 0.25) is 0 Å². The maximum atomic E-state index is 13.5. The molecule has 0 radical (unpaired) electrons. The van der Waals surface area contributed by atoms with Crippen molar-refractivity contribution in [3.63, 3.8) is 0 Å². The molecular weight excluding hydrogens is 467 g/mol. The Morgan fingerprint density at radius 2 is 1.89 bits per heavy atom. The fraction of sp³-hybridized carbons (Fsp3) is 0.385. The predicted octanol–water partition coefficient (Wildman–Crippen LogP) is 2.22. The number of halogens is 1. The summed E-state index contributed by atoms with van der Waals surface area (Å²) in [5.74, 6) is -1.91. The molecule has 3 heterocycles. The van der Waals surface area contributed by atoms with E-state index in [1.807, 2.05) is 0 Å². The van der Waals surface area contributed by atoms with Crippen LogP contribution in [0.5, 0.6) is 5.75 Å². The van der Waals surface area contributed by atoms with E-state index in [-0.39, 0.29) is 35.9 Å². The van der Waals surface area contributed by atoms with Crippen molar-refractivity contribution in [3.8, 4) is 5.75 Å². The summed E-state index contributed by atoms with van der Waals surface area (Å²) in [6, 6.07) is 7.26. The number of aromatic nitrogens is 2. The molecule has 9 nitrogen and oxygen atoms in total. The first-order valence-electron chi connectivity index (χ1n) is 11.8. The Bertz CT molecular complexity index is 1330. The number of likely N-dealkylation sites (tertiary alicyclic amines) is 1. The van der Waals surface area contributed by atoms with E-state index in [1.54, 1.807) is 30.0 Å². The predicted molar refractivity (Wildman–Crippen MR) is 131 cm³/mol.